The highest BCUT2D eigenvalue weighted by molar-refractivity contribution is 6.30. The summed E-state index contributed by atoms with van der Waals surface area (Å²) in [6.07, 6.45) is 2.76. The zero-order valence-electron chi connectivity index (χ0n) is 23.2. The van der Waals surface area contributed by atoms with Crippen LogP contribution in [0.25, 0.3) is 10.9 Å². The molecule has 0 bridgehead atoms. The smallest absolute Gasteiger partial charge is 0.310 e. The number of aromatic nitrogens is 1. The molecule has 216 valence electrons. The quantitative estimate of drug-likeness (QED) is 0.105. The number of hydrogen-bond acceptors (Lipinski definition) is 5. The van der Waals surface area contributed by atoms with Crippen molar-refractivity contribution in [3.8, 4) is 17.2 Å². The molecule has 0 spiro atoms. The van der Waals surface area contributed by atoms with E-state index in [-0.39, 0.29) is 18.2 Å². The number of carbonyl (C=O) groups is 1. The minimum Gasteiger partial charge on any atom is -0.493 e. The number of hydrogen-bond donors (Lipinski definition) is 0. The summed E-state index contributed by atoms with van der Waals surface area (Å²) in [6.45, 7) is 1.92. The van der Waals surface area contributed by atoms with Crippen molar-refractivity contribution >= 4 is 28.5 Å². The van der Waals surface area contributed by atoms with Gasteiger partial charge in [0.25, 0.3) is 0 Å². The molecule has 0 amide bonds. The molecule has 0 aliphatic rings. The third-order valence-electron chi connectivity index (χ3n) is 6.71. The Morgan fingerprint density at radius 1 is 0.810 bits per heavy atom. The lowest BCUT2D eigenvalue weighted by Crippen LogP contribution is -2.05. The van der Waals surface area contributed by atoms with E-state index in [1.807, 2.05) is 77.5 Å². The number of benzene rings is 4. The Morgan fingerprint density at radius 3 is 2.19 bits per heavy atom. The van der Waals surface area contributed by atoms with E-state index in [1.54, 1.807) is 12.1 Å². The van der Waals surface area contributed by atoms with Crippen molar-refractivity contribution in [2.75, 3.05) is 20.3 Å². The van der Waals surface area contributed by atoms with Gasteiger partial charge in [-0.1, -0.05) is 41.9 Å². The van der Waals surface area contributed by atoms with E-state index in [0.717, 1.165) is 39.1 Å². The summed E-state index contributed by atoms with van der Waals surface area (Å²) >= 11 is 5.94. The van der Waals surface area contributed by atoms with Crippen LogP contribution in [0.5, 0.6) is 17.2 Å². The maximum atomic E-state index is 13.4. The number of rotatable bonds is 13. The number of methoxy groups -OCH3 is 1. The number of esters is 1. The van der Waals surface area contributed by atoms with Gasteiger partial charge in [0, 0.05) is 41.2 Å². The first-order valence-electron chi connectivity index (χ1n) is 13.6. The number of fused-ring (bicyclic) bond motifs is 1. The fourth-order valence-corrected chi connectivity index (χ4v) is 4.69. The summed E-state index contributed by atoms with van der Waals surface area (Å²) in [4.78, 5) is 12.1. The number of carbonyl (C=O) groups excluding carboxylic acids is 1. The van der Waals surface area contributed by atoms with Crippen LogP contribution in [0.15, 0.2) is 97.2 Å². The van der Waals surface area contributed by atoms with Crippen molar-refractivity contribution in [3.63, 3.8) is 0 Å². The van der Waals surface area contributed by atoms with E-state index in [4.69, 9.17) is 30.5 Å². The van der Waals surface area contributed by atoms with E-state index in [0.29, 0.717) is 43.6 Å². The standard InChI is InChI=1S/C34H31ClFNO5/c1-39-34(38)18-26-22-37(21-24-8-12-28(36)13-9-24)33-15-14-31(20-32(26)33)41-17-3-16-40-29-4-2-5-30(19-29)42-23-25-6-10-27(35)11-7-25/h2,4-15,19-20,22H,3,16-18,21,23H2,1H3. The predicted octanol–water partition coefficient (Wildman–Crippen LogP) is 7.62. The summed E-state index contributed by atoms with van der Waals surface area (Å²) in [6, 6.07) is 27.3. The van der Waals surface area contributed by atoms with Gasteiger partial charge in [-0.25, -0.2) is 4.39 Å². The van der Waals surface area contributed by atoms with Crippen molar-refractivity contribution < 1.29 is 28.1 Å². The molecule has 0 N–H and O–H groups in total. The Balaban J connectivity index is 1.16. The van der Waals surface area contributed by atoms with Crippen LogP contribution in [0.4, 0.5) is 4.39 Å². The Labute approximate surface area is 249 Å². The highest BCUT2D eigenvalue weighted by Crippen LogP contribution is 2.28. The summed E-state index contributed by atoms with van der Waals surface area (Å²) in [7, 11) is 1.38. The molecule has 5 rings (SSSR count). The van der Waals surface area contributed by atoms with Gasteiger partial charge < -0.3 is 23.5 Å². The van der Waals surface area contributed by atoms with Gasteiger partial charge in [-0.15, -0.1) is 0 Å². The molecule has 6 nitrogen and oxygen atoms in total. The maximum Gasteiger partial charge on any atom is 0.310 e. The van der Waals surface area contributed by atoms with Crippen LogP contribution in [0.3, 0.4) is 0 Å². The molecule has 1 heterocycles. The maximum absolute atomic E-state index is 13.4. The third kappa shape index (κ3) is 7.83. The highest BCUT2D eigenvalue weighted by atomic mass is 35.5. The topological polar surface area (TPSA) is 58.9 Å². The number of nitrogens with zero attached hydrogens (tertiary/aromatic N) is 1. The minimum absolute atomic E-state index is 0.142. The van der Waals surface area contributed by atoms with E-state index in [9.17, 15) is 9.18 Å². The van der Waals surface area contributed by atoms with Crippen LogP contribution >= 0.6 is 11.6 Å². The molecule has 0 radical (unpaired) electrons. The Kier molecular flexibility index (Phi) is 9.62. The first-order valence-corrected chi connectivity index (χ1v) is 14.0. The number of ether oxygens (including phenoxy) is 4. The van der Waals surface area contributed by atoms with Gasteiger partial charge in [0.15, 0.2) is 0 Å². The monoisotopic (exact) mass is 587 g/mol. The molecular weight excluding hydrogens is 557 g/mol. The Morgan fingerprint density at radius 2 is 1.48 bits per heavy atom. The van der Waals surface area contributed by atoms with E-state index in [1.165, 1.54) is 19.2 Å². The van der Waals surface area contributed by atoms with Crippen LogP contribution in [0.1, 0.15) is 23.1 Å². The summed E-state index contributed by atoms with van der Waals surface area (Å²) in [5, 5.41) is 1.60. The van der Waals surface area contributed by atoms with E-state index in [2.05, 4.69) is 0 Å². The zero-order valence-corrected chi connectivity index (χ0v) is 24.0. The predicted molar refractivity (Wildman–Crippen MR) is 161 cm³/mol. The van der Waals surface area contributed by atoms with Crippen LogP contribution in [0.2, 0.25) is 5.02 Å². The zero-order chi connectivity index (χ0) is 29.3. The summed E-state index contributed by atoms with van der Waals surface area (Å²) < 4.78 is 38.1. The minimum atomic E-state index is -0.321. The van der Waals surface area contributed by atoms with Gasteiger partial charge in [0.1, 0.15) is 29.7 Å². The highest BCUT2D eigenvalue weighted by Gasteiger charge is 2.14. The number of halogens is 2. The molecule has 0 atom stereocenters. The lowest BCUT2D eigenvalue weighted by Gasteiger charge is -2.11. The average molecular weight is 588 g/mol. The molecule has 0 saturated carbocycles. The molecule has 1 aromatic heterocycles. The van der Waals surface area contributed by atoms with Crippen LogP contribution < -0.4 is 14.2 Å². The summed E-state index contributed by atoms with van der Waals surface area (Å²) in [5.41, 5.74) is 3.78. The van der Waals surface area contributed by atoms with Gasteiger partial charge >= 0.3 is 5.97 Å². The van der Waals surface area contributed by atoms with Gasteiger partial charge in [-0.2, -0.15) is 0 Å². The SMILES string of the molecule is COC(=O)Cc1cn(Cc2ccc(F)cc2)c2ccc(OCCCOc3cccc(OCc4ccc(Cl)cc4)c3)cc12. The molecule has 0 aliphatic carbocycles. The van der Waals surface area contributed by atoms with Crippen LogP contribution in [-0.4, -0.2) is 30.9 Å². The van der Waals surface area contributed by atoms with E-state index < -0.39 is 0 Å². The molecule has 8 heteroatoms. The lowest BCUT2D eigenvalue weighted by molar-refractivity contribution is -0.139. The molecule has 42 heavy (non-hydrogen) atoms. The molecule has 0 unspecified atom stereocenters. The normalized spacial score (nSPS) is 10.9. The van der Waals surface area contributed by atoms with Crippen molar-refractivity contribution in [1.29, 1.82) is 0 Å². The van der Waals surface area contributed by atoms with Crippen molar-refractivity contribution in [2.24, 2.45) is 0 Å². The van der Waals surface area contributed by atoms with Gasteiger partial charge in [-0.3, -0.25) is 4.79 Å². The molecule has 0 aliphatic heterocycles. The molecule has 4 aromatic carbocycles. The summed E-state index contributed by atoms with van der Waals surface area (Å²) in [5.74, 6) is 1.55. The second kappa shape index (κ2) is 13.9. The van der Waals surface area contributed by atoms with Crippen LogP contribution in [0, 0.1) is 5.82 Å². The van der Waals surface area contributed by atoms with Gasteiger partial charge in [0.05, 0.1) is 26.7 Å². The average Bonchev–Trinajstić information content (AvgIpc) is 3.33. The van der Waals surface area contributed by atoms with Crippen molar-refractivity contribution in [1.82, 2.24) is 4.57 Å². The van der Waals surface area contributed by atoms with Crippen LogP contribution in [-0.2, 0) is 29.1 Å². The second-order valence-corrected chi connectivity index (χ2v) is 10.2. The Bertz CT molecular complexity index is 1630. The largest absolute Gasteiger partial charge is 0.493 e. The first kappa shape index (κ1) is 29.0. The third-order valence-corrected chi connectivity index (χ3v) is 6.97. The first-order chi connectivity index (χ1) is 20.5. The van der Waals surface area contributed by atoms with E-state index >= 15 is 0 Å². The van der Waals surface area contributed by atoms with Crippen molar-refractivity contribution in [2.45, 2.75) is 26.0 Å². The van der Waals surface area contributed by atoms with Crippen molar-refractivity contribution in [3.05, 3.63) is 125 Å². The second-order valence-electron chi connectivity index (χ2n) is 9.78. The lowest BCUT2D eigenvalue weighted by atomic mass is 10.1. The van der Waals surface area contributed by atoms with Gasteiger partial charge in [0.2, 0.25) is 0 Å². The Hall–Kier alpha value is -4.49. The molecule has 0 saturated heterocycles. The van der Waals surface area contributed by atoms with Gasteiger partial charge in [-0.05, 0) is 71.3 Å². The molecule has 5 aromatic rings. The fourth-order valence-electron chi connectivity index (χ4n) is 4.57. The molecule has 0 fully saturated rings. The fraction of sp³-hybridized carbons (Fsp3) is 0.206. The molecular formula is C34H31ClFNO5.